The molecule has 0 aromatic heterocycles. The Morgan fingerprint density at radius 3 is 1.92 bits per heavy atom. The van der Waals surface area contributed by atoms with Gasteiger partial charge in [0.05, 0.1) is 13.2 Å². The first-order valence-corrected chi connectivity index (χ1v) is 8.35. The Bertz CT molecular complexity index is 97.4. The van der Waals surface area contributed by atoms with Gasteiger partial charge < -0.3 is 9.05 Å². The van der Waals surface area contributed by atoms with Crippen LogP contribution in [0.25, 0.3) is 0 Å². The Morgan fingerprint density at radius 2 is 1.58 bits per heavy atom. The second kappa shape index (κ2) is 8.66. The summed E-state index contributed by atoms with van der Waals surface area (Å²) in [6, 6.07) is 0. The molecule has 0 amide bonds. The zero-order valence-corrected chi connectivity index (χ0v) is 10.5. The van der Waals surface area contributed by atoms with Crippen LogP contribution in [0.15, 0.2) is 0 Å². The van der Waals surface area contributed by atoms with Crippen LogP contribution < -0.4 is 0 Å². The van der Waals surface area contributed by atoms with Crippen LogP contribution in [0, 0.1) is 0 Å². The summed E-state index contributed by atoms with van der Waals surface area (Å²) < 4.78 is 10.9. The van der Waals surface area contributed by atoms with Crippen LogP contribution in [-0.4, -0.2) is 32.2 Å². The van der Waals surface area contributed by atoms with Crippen molar-refractivity contribution >= 4 is 26.9 Å². The lowest BCUT2D eigenvalue weighted by atomic mass is 10.9. The van der Waals surface area contributed by atoms with E-state index in [0.29, 0.717) is 0 Å². The quantitative estimate of drug-likeness (QED) is 0.622. The van der Waals surface area contributed by atoms with Crippen molar-refractivity contribution in [3.05, 3.63) is 0 Å². The van der Waals surface area contributed by atoms with Gasteiger partial charge in [-0.05, 0) is 33.9 Å². The van der Waals surface area contributed by atoms with Crippen LogP contribution in [0.4, 0.5) is 0 Å². The molecule has 0 aliphatic heterocycles. The minimum atomic E-state index is -0.662. The van der Waals surface area contributed by atoms with Crippen molar-refractivity contribution in [2.45, 2.75) is 13.8 Å². The zero-order chi connectivity index (χ0) is 9.40. The van der Waals surface area contributed by atoms with E-state index in [2.05, 4.69) is 6.66 Å². The van der Waals surface area contributed by atoms with Gasteiger partial charge in [0.25, 0.3) is 0 Å². The van der Waals surface area contributed by atoms with Gasteiger partial charge in [0.1, 0.15) is 0 Å². The second-order valence-corrected chi connectivity index (χ2v) is 7.24. The van der Waals surface area contributed by atoms with Gasteiger partial charge >= 0.3 is 0 Å². The molecular formula is C7H17ClO2P2. The zero-order valence-electron chi connectivity index (χ0n) is 7.92. The third-order valence-electron chi connectivity index (χ3n) is 1.14. The van der Waals surface area contributed by atoms with Gasteiger partial charge in [0.2, 0.25) is 0 Å². The number of rotatable bonds is 7. The predicted octanol–water partition coefficient (Wildman–Crippen LogP) is 3.64. The average molecular weight is 231 g/mol. The topological polar surface area (TPSA) is 18.5 Å². The van der Waals surface area contributed by atoms with Crippen molar-refractivity contribution < 1.29 is 9.05 Å². The summed E-state index contributed by atoms with van der Waals surface area (Å²) >= 11 is 5.89. The molecule has 0 aromatic carbocycles. The molecule has 0 fully saturated rings. The monoisotopic (exact) mass is 230 g/mol. The maximum Gasteiger partial charge on any atom is 0.170 e. The van der Waals surface area contributed by atoms with E-state index in [1.807, 2.05) is 13.8 Å². The minimum absolute atomic E-state index is 0.326. The molecule has 5 heteroatoms. The van der Waals surface area contributed by atoms with E-state index < -0.39 is 8.38 Å². The maximum atomic E-state index is 5.89. The smallest absolute Gasteiger partial charge is 0.170 e. The van der Waals surface area contributed by atoms with E-state index in [9.17, 15) is 0 Å². The molecule has 0 aliphatic carbocycles. The van der Waals surface area contributed by atoms with Gasteiger partial charge in [0.15, 0.2) is 8.38 Å². The fourth-order valence-corrected chi connectivity index (χ4v) is 4.02. The van der Waals surface area contributed by atoms with Crippen molar-refractivity contribution in [2.75, 3.05) is 32.2 Å². The standard InChI is InChI=1S/C7H17ClO2P2/c1-4-9-12(10-5-2)7-6-11(3)8/h4-7H2,1-3H3. The van der Waals surface area contributed by atoms with Crippen molar-refractivity contribution in [2.24, 2.45) is 0 Å². The molecule has 0 aliphatic rings. The third-order valence-corrected chi connectivity index (χ3v) is 4.52. The largest absolute Gasteiger partial charge is 0.334 e. The highest BCUT2D eigenvalue weighted by Gasteiger charge is 2.09. The van der Waals surface area contributed by atoms with Gasteiger partial charge in [-0.2, -0.15) is 0 Å². The first-order valence-electron chi connectivity index (χ1n) is 4.11. The molecule has 0 heterocycles. The normalized spacial score (nSPS) is 13.8. The van der Waals surface area contributed by atoms with Crippen molar-refractivity contribution in [1.82, 2.24) is 0 Å². The highest BCUT2D eigenvalue weighted by Crippen LogP contribution is 2.44. The minimum Gasteiger partial charge on any atom is -0.334 e. The summed E-state index contributed by atoms with van der Waals surface area (Å²) in [5, 5.41) is 0. The van der Waals surface area contributed by atoms with E-state index in [1.165, 1.54) is 0 Å². The molecule has 1 atom stereocenters. The van der Waals surface area contributed by atoms with Crippen molar-refractivity contribution in [3.63, 3.8) is 0 Å². The van der Waals surface area contributed by atoms with E-state index in [0.717, 1.165) is 25.5 Å². The lowest BCUT2D eigenvalue weighted by Crippen LogP contribution is -1.97. The van der Waals surface area contributed by atoms with Crippen LogP contribution >= 0.6 is 26.9 Å². The number of hydrogen-bond donors (Lipinski definition) is 0. The Morgan fingerprint density at radius 1 is 1.08 bits per heavy atom. The Labute approximate surface area is 82.4 Å². The highest BCUT2D eigenvalue weighted by molar-refractivity contribution is 7.83. The fourth-order valence-electron chi connectivity index (χ4n) is 0.674. The van der Waals surface area contributed by atoms with Crippen molar-refractivity contribution in [3.8, 4) is 0 Å². The summed E-state index contributed by atoms with van der Waals surface area (Å²) in [6.45, 7) is 7.50. The van der Waals surface area contributed by atoms with Crippen LogP contribution in [0.5, 0.6) is 0 Å². The summed E-state index contributed by atoms with van der Waals surface area (Å²) in [4.78, 5) is 0. The maximum absolute atomic E-state index is 5.89. The van der Waals surface area contributed by atoms with E-state index in [4.69, 9.17) is 20.3 Å². The first-order chi connectivity index (χ1) is 5.70. The van der Waals surface area contributed by atoms with Crippen molar-refractivity contribution in [1.29, 1.82) is 0 Å². The summed E-state index contributed by atoms with van der Waals surface area (Å²) in [7, 11) is -0.988. The number of hydrogen-bond acceptors (Lipinski definition) is 2. The third kappa shape index (κ3) is 7.71. The molecule has 0 N–H and O–H groups in total. The Kier molecular flexibility index (Phi) is 9.43. The highest BCUT2D eigenvalue weighted by atomic mass is 35.7. The summed E-state index contributed by atoms with van der Waals surface area (Å²) in [6.07, 6.45) is 2.01. The molecule has 0 saturated heterocycles. The lowest BCUT2D eigenvalue weighted by molar-refractivity contribution is 0.270. The molecule has 0 rings (SSSR count). The molecule has 74 valence electrons. The van der Waals surface area contributed by atoms with E-state index in [-0.39, 0.29) is 7.27 Å². The first kappa shape index (κ1) is 13.1. The van der Waals surface area contributed by atoms with Gasteiger partial charge in [-0.1, -0.05) is 11.2 Å². The van der Waals surface area contributed by atoms with Crippen LogP contribution in [0.2, 0.25) is 0 Å². The molecule has 12 heavy (non-hydrogen) atoms. The summed E-state index contributed by atoms with van der Waals surface area (Å²) in [5.74, 6) is 0. The van der Waals surface area contributed by atoms with Gasteiger partial charge in [-0.15, -0.1) is 0 Å². The second-order valence-electron chi connectivity index (χ2n) is 2.22. The lowest BCUT2D eigenvalue weighted by Gasteiger charge is -2.15. The SMILES string of the molecule is CCOP(CCP(C)Cl)OCC. The number of halogens is 1. The predicted molar refractivity (Wildman–Crippen MR) is 58.6 cm³/mol. The van der Waals surface area contributed by atoms with E-state index >= 15 is 0 Å². The van der Waals surface area contributed by atoms with Crippen LogP contribution in [-0.2, 0) is 9.05 Å². The van der Waals surface area contributed by atoms with Crippen LogP contribution in [0.1, 0.15) is 13.8 Å². The van der Waals surface area contributed by atoms with Gasteiger partial charge in [0, 0.05) is 6.16 Å². The van der Waals surface area contributed by atoms with Gasteiger partial charge in [-0.3, -0.25) is 0 Å². The molecule has 1 unspecified atom stereocenters. The molecule has 0 radical (unpaired) electrons. The average Bonchev–Trinajstić information content (AvgIpc) is 2.01. The fraction of sp³-hybridized carbons (Fsp3) is 1.00. The van der Waals surface area contributed by atoms with E-state index in [1.54, 1.807) is 0 Å². The molecular weight excluding hydrogens is 213 g/mol. The van der Waals surface area contributed by atoms with Crippen LogP contribution in [0.3, 0.4) is 0 Å². The van der Waals surface area contributed by atoms with Gasteiger partial charge in [-0.25, -0.2) is 0 Å². The molecule has 0 spiro atoms. The summed E-state index contributed by atoms with van der Waals surface area (Å²) in [5.41, 5.74) is 0. The molecule has 0 aromatic rings. The molecule has 0 bridgehead atoms. The molecule has 0 saturated carbocycles. The Balaban J connectivity index is 3.48. The molecule has 2 nitrogen and oxygen atoms in total. The Hall–Kier alpha value is 1.07.